The Morgan fingerprint density at radius 3 is 2.71 bits per heavy atom. The summed E-state index contributed by atoms with van der Waals surface area (Å²) in [4.78, 5) is 7.95. The van der Waals surface area contributed by atoms with E-state index in [1.165, 1.54) is 0 Å². The second kappa shape index (κ2) is 4.72. The molecule has 0 spiro atoms. The summed E-state index contributed by atoms with van der Waals surface area (Å²) >= 11 is 1.65. The largest absolute Gasteiger partial charge is 0.396 e. The molecule has 0 amide bonds. The number of alkyl halides is 3. The summed E-state index contributed by atoms with van der Waals surface area (Å²) < 4.78 is 36.9. The van der Waals surface area contributed by atoms with Crippen LogP contribution >= 0.6 is 11.8 Å². The van der Waals surface area contributed by atoms with Crippen molar-refractivity contribution in [1.82, 2.24) is 9.97 Å². The van der Waals surface area contributed by atoms with Gasteiger partial charge in [-0.2, -0.15) is 24.9 Å². The first-order valence-corrected chi connectivity index (χ1v) is 6.42. The third-order valence-corrected chi connectivity index (χ3v) is 3.30. The van der Waals surface area contributed by atoms with Gasteiger partial charge in [-0.15, -0.1) is 0 Å². The number of fused-ring (bicyclic) bond motifs is 1. The van der Waals surface area contributed by atoms with Gasteiger partial charge in [-0.05, 0) is 6.92 Å². The summed E-state index contributed by atoms with van der Waals surface area (Å²) in [5.74, 6) is 1.85. The molecule has 1 N–H and O–H groups in total. The predicted octanol–water partition coefficient (Wildman–Crippen LogP) is 2.76. The number of nitrogens with zero attached hydrogens (tertiary/aromatic N) is 2. The monoisotopic (exact) mass is 263 g/mol. The Morgan fingerprint density at radius 1 is 1.29 bits per heavy atom. The first-order valence-electron chi connectivity index (χ1n) is 5.26. The minimum Gasteiger partial charge on any atom is -0.370 e. The second-order valence-electron chi connectivity index (χ2n) is 3.73. The minimum atomic E-state index is -4.26. The van der Waals surface area contributed by atoms with Crippen molar-refractivity contribution in [1.29, 1.82) is 0 Å². The maximum absolute atomic E-state index is 12.3. The lowest BCUT2D eigenvalue weighted by molar-refractivity contribution is -0.128. The molecule has 1 aliphatic rings. The van der Waals surface area contributed by atoms with Crippen molar-refractivity contribution >= 4 is 17.6 Å². The van der Waals surface area contributed by atoms with Crippen molar-refractivity contribution in [2.24, 2.45) is 0 Å². The van der Waals surface area contributed by atoms with Crippen LogP contribution in [-0.4, -0.2) is 22.7 Å². The summed E-state index contributed by atoms with van der Waals surface area (Å²) in [5.41, 5.74) is 1.68. The van der Waals surface area contributed by atoms with Crippen LogP contribution in [0.15, 0.2) is 0 Å². The van der Waals surface area contributed by atoms with E-state index < -0.39 is 12.6 Å². The van der Waals surface area contributed by atoms with E-state index in [1.54, 1.807) is 11.8 Å². The molecule has 0 bridgehead atoms. The van der Waals surface area contributed by atoms with Gasteiger partial charge in [0, 0.05) is 23.6 Å². The molecule has 7 heteroatoms. The number of halogens is 3. The topological polar surface area (TPSA) is 37.8 Å². The Kier molecular flexibility index (Phi) is 3.46. The fraction of sp³-hybridized carbons (Fsp3) is 0.600. The van der Waals surface area contributed by atoms with Crippen LogP contribution in [0.25, 0.3) is 0 Å². The molecule has 0 radical (unpaired) electrons. The van der Waals surface area contributed by atoms with E-state index in [9.17, 15) is 13.2 Å². The molecule has 1 aromatic rings. The van der Waals surface area contributed by atoms with Gasteiger partial charge < -0.3 is 5.32 Å². The molecule has 0 saturated carbocycles. The van der Waals surface area contributed by atoms with E-state index in [1.807, 2.05) is 6.92 Å². The highest BCUT2D eigenvalue weighted by molar-refractivity contribution is 7.98. The Morgan fingerprint density at radius 2 is 2.06 bits per heavy atom. The third-order valence-electron chi connectivity index (χ3n) is 2.33. The number of rotatable bonds is 3. The summed E-state index contributed by atoms with van der Waals surface area (Å²) in [6.45, 7) is 2.53. The van der Waals surface area contributed by atoms with E-state index in [2.05, 4.69) is 15.3 Å². The molecule has 0 saturated heterocycles. The average molecular weight is 263 g/mol. The van der Waals surface area contributed by atoms with E-state index in [-0.39, 0.29) is 5.82 Å². The van der Waals surface area contributed by atoms with E-state index >= 15 is 0 Å². The van der Waals surface area contributed by atoms with Crippen LogP contribution in [0, 0.1) is 0 Å². The van der Waals surface area contributed by atoms with Crippen LogP contribution < -0.4 is 5.32 Å². The summed E-state index contributed by atoms with van der Waals surface area (Å²) in [7, 11) is 0. The number of thioether (sulfide) groups is 1. The summed E-state index contributed by atoms with van der Waals surface area (Å²) in [6.07, 6.45) is -5.33. The molecule has 3 nitrogen and oxygen atoms in total. The van der Waals surface area contributed by atoms with Gasteiger partial charge in [0.05, 0.1) is 5.69 Å². The number of hydrogen-bond donors (Lipinski definition) is 1. The smallest absolute Gasteiger partial charge is 0.370 e. The van der Waals surface area contributed by atoms with Gasteiger partial charge >= 0.3 is 6.18 Å². The second-order valence-corrected chi connectivity index (χ2v) is 4.71. The molecular weight excluding hydrogens is 251 g/mol. The van der Waals surface area contributed by atoms with Crippen molar-refractivity contribution < 1.29 is 13.2 Å². The van der Waals surface area contributed by atoms with Gasteiger partial charge in [0.1, 0.15) is 18.1 Å². The number of nitrogens with one attached hydrogen (secondary N) is 1. The predicted molar refractivity (Wildman–Crippen MR) is 61.0 cm³/mol. The molecular formula is C10H12F3N3S. The van der Waals surface area contributed by atoms with Gasteiger partial charge in [0.2, 0.25) is 0 Å². The molecule has 0 fully saturated rings. The van der Waals surface area contributed by atoms with Crippen molar-refractivity contribution in [2.45, 2.75) is 31.0 Å². The van der Waals surface area contributed by atoms with Crippen molar-refractivity contribution in [3.63, 3.8) is 0 Å². The van der Waals surface area contributed by atoms with Crippen molar-refractivity contribution in [2.75, 3.05) is 11.9 Å². The Hall–Kier alpha value is -0.980. The zero-order valence-corrected chi connectivity index (χ0v) is 10.1. The maximum Gasteiger partial charge on any atom is 0.396 e. The third kappa shape index (κ3) is 3.02. The van der Waals surface area contributed by atoms with E-state index in [0.29, 0.717) is 18.1 Å². The SMILES string of the molecule is CCNc1nc(CC(F)(F)F)nc2c1CSC2. The zero-order valence-electron chi connectivity index (χ0n) is 9.26. The fourth-order valence-electron chi connectivity index (χ4n) is 1.67. The van der Waals surface area contributed by atoms with Gasteiger partial charge in [0.25, 0.3) is 0 Å². The Balaban J connectivity index is 2.32. The molecule has 2 rings (SSSR count). The molecule has 94 valence electrons. The van der Waals surface area contributed by atoms with Crippen LogP contribution in [0.1, 0.15) is 24.0 Å². The van der Waals surface area contributed by atoms with Gasteiger partial charge in [-0.3, -0.25) is 0 Å². The highest BCUT2D eigenvalue weighted by Crippen LogP contribution is 2.33. The first-order chi connectivity index (χ1) is 7.99. The van der Waals surface area contributed by atoms with Crippen LogP contribution in [0.4, 0.5) is 19.0 Å². The molecule has 0 aromatic carbocycles. The van der Waals surface area contributed by atoms with Gasteiger partial charge in [0.15, 0.2) is 0 Å². The number of hydrogen-bond acceptors (Lipinski definition) is 4. The molecule has 1 aliphatic heterocycles. The highest BCUT2D eigenvalue weighted by Gasteiger charge is 2.31. The summed E-state index contributed by atoms with van der Waals surface area (Å²) in [5, 5.41) is 3.00. The van der Waals surface area contributed by atoms with Gasteiger partial charge in [-0.25, -0.2) is 9.97 Å². The maximum atomic E-state index is 12.3. The highest BCUT2D eigenvalue weighted by atomic mass is 32.2. The lowest BCUT2D eigenvalue weighted by Gasteiger charge is -2.11. The van der Waals surface area contributed by atoms with E-state index in [0.717, 1.165) is 17.0 Å². The van der Waals surface area contributed by atoms with Gasteiger partial charge in [-0.1, -0.05) is 0 Å². The average Bonchev–Trinajstić information content (AvgIpc) is 2.63. The van der Waals surface area contributed by atoms with E-state index in [4.69, 9.17) is 0 Å². The lowest BCUT2D eigenvalue weighted by Crippen LogP contribution is -2.16. The van der Waals surface area contributed by atoms with Crippen molar-refractivity contribution in [3.8, 4) is 0 Å². The minimum absolute atomic E-state index is 0.144. The number of anilines is 1. The quantitative estimate of drug-likeness (QED) is 0.910. The van der Waals surface area contributed by atoms with Crippen LogP contribution in [0.2, 0.25) is 0 Å². The molecule has 0 atom stereocenters. The molecule has 2 heterocycles. The molecule has 17 heavy (non-hydrogen) atoms. The standard InChI is InChI=1S/C10H12F3N3S/c1-2-14-9-6-4-17-5-7(6)15-8(16-9)3-10(11,12)13/h2-5H2,1H3,(H,14,15,16). The van der Waals surface area contributed by atoms with Crippen molar-refractivity contribution in [3.05, 3.63) is 17.1 Å². The zero-order chi connectivity index (χ0) is 12.5. The van der Waals surface area contributed by atoms with Crippen LogP contribution in [-0.2, 0) is 17.9 Å². The normalized spacial score (nSPS) is 14.8. The lowest BCUT2D eigenvalue weighted by atomic mass is 10.2. The van der Waals surface area contributed by atoms with Crippen LogP contribution in [0.5, 0.6) is 0 Å². The summed E-state index contributed by atoms with van der Waals surface area (Å²) in [6, 6.07) is 0. The molecule has 0 aliphatic carbocycles. The van der Waals surface area contributed by atoms with Crippen LogP contribution in [0.3, 0.4) is 0 Å². The fourth-order valence-corrected chi connectivity index (χ4v) is 2.72. The number of aromatic nitrogens is 2. The first kappa shape index (κ1) is 12.5. The molecule has 0 unspecified atom stereocenters. The Labute approximate surface area is 101 Å². The molecule has 1 aromatic heterocycles. The Bertz CT molecular complexity index is 420.